The summed E-state index contributed by atoms with van der Waals surface area (Å²) in [5.74, 6) is -0.0901. The number of nitriles is 1. The van der Waals surface area contributed by atoms with Gasteiger partial charge in [-0.05, 0) is 32.9 Å². The van der Waals surface area contributed by atoms with E-state index >= 15 is 0 Å². The highest BCUT2D eigenvalue weighted by Gasteiger charge is 2.17. The predicted molar refractivity (Wildman–Crippen MR) is 65.4 cm³/mol. The molecule has 0 bridgehead atoms. The van der Waals surface area contributed by atoms with Crippen LogP contribution in [0.25, 0.3) is 0 Å². The maximum Gasteiger partial charge on any atom is 0.263 e. The van der Waals surface area contributed by atoms with E-state index in [0.29, 0.717) is 13.1 Å². The van der Waals surface area contributed by atoms with Crippen molar-refractivity contribution < 1.29 is 4.79 Å². The predicted octanol–water partition coefficient (Wildman–Crippen LogP) is 2.68. The summed E-state index contributed by atoms with van der Waals surface area (Å²) in [5, 5.41) is 8.75. The molecule has 1 atom stereocenters. The van der Waals surface area contributed by atoms with Crippen LogP contribution < -0.4 is 0 Å². The van der Waals surface area contributed by atoms with E-state index in [1.54, 1.807) is 4.90 Å². The topological polar surface area (TPSA) is 44.1 Å². The van der Waals surface area contributed by atoms with Gasteiger partial charge in [0.1, 0.15) is 0 Å². The number of carbonyl (C=O) groups is 1. The normalized spacial score (nSPS) is 11.9. The first-order valence-electron chi connectivity index (χ1n) is 5.33. The van der Waals surface area contributed by atoms with Gasteiger partial charge in [0.05, 0.1) is 16.9 Å². The van der Waals surface area contributed by atoms with Crippen molar-refractivity contribution in [3.05, 3.63) is 21.9 Å². The van der Waals surface area contributed by atoms with E-state index in [1.807, 2.05) is 32.9 Å². The summed E-state index contributed by atoms with van der Waals surface area (Å²) in [6.07, 6.45) is 0. The van der Waals surface area contributed by atoms with E-state index in [1.165, 1.54) is 11.3 Å². The minimum atomic E-state index is -0.120. The van der Waals surface area contributed by atoms with Crippen LogP contribution in [0.1, 0.15) is 28.4 Å². The first-order chi connectivity index (χ1) is 7.58. The summed E-state index contributed by atoms with van der Waals surface area (Å²) in [4.78, 5) is 15.7. The lowest BCUT2D eigenvalue weighted by molar-refractivity contribution is 0.0757. The van der Waals surface area contributed by atoms with Gasteiger partial charge in [0.2, 0.25) is 0 Å². The van der Waals surface area contributed by atoms with Crippen LogP contribution in [0.15, 0.2) is 12.1 Å². The molecule has 0 radical (unpaired) electrons. The Balaban J connectivity index is 2.74. The van der Waals surface area contributed by atoms with Crippen molar-refractivity contribution in [2.45, 2.75) is 20.8 Å². The fourth-order valence-electron chi connectivity index (χ4n) is 1.43. The number of carbonyl (C=O) groups excluding carboxylic acids is 1. The van der Waals surface area contributed by atoms with Crippen LogP contribution >= 0.6 is 11.3 Å². The molecule has 1 aromatic heterocycles. The largest absolute Gasteiger partial charge is 0.337 e. The summed E-state index contributed by atoms with van der Waals surface area (Å²) in [5.41, 5.74) is 0. The van der Waals surface area contributed by atoms with E-state index < -0.39 is 0 Å². The van der Waals surface area contributed by atoms with Gasteiger partial charge in [-0.1, -0.05) is 0 Å². The van der Waals surface area contributed by atoms with Gasteiger partial charge in [-0.3, -0.25) is 4.79 Å². The van der Waals surface area contributed by atoms with Crippen molar-refractivity contribution >= 4 is 17.2 Å². The van der Waals surface area contributed by atoms with Crippen molar-refractivity contribution in [3.63, 3.8) is 0 Å². The Morgan fingerprint density at radius 1 is 1.62 bits per heavy atom. The van der Waals surface area contributed by atoms with Gasteiger partial charge < -0.3 is 4.90 Å². The second-order valence-electron chi connectivity index (χ2n) is 3.78. The zero-order chi connectivity index (χ0) is 12.1. The van der Waals surface area contributed by atoms with E-state index in [9.17, 15) is 4.79 Å². The molecule has 1 heterocycles. The molecule has 1 amide bonds. The molecule has 4 heteroatoms. The molecule has 0 unspecified atom stereocenters. The average Bonchev–Trinajstić information content (AvgIpc) is 2.71. The third-order valence-electron chi connectivity index (χ3n) is 2.33. The zero-order valence-corrected chi connectivity index (χ0v) is 10.7. The van der Waals surface area contributed by atoms with Gasteiger partial charge in [0, 0.05) is 18.0 Å². The van der Waals surface area contributed by atoms with Gasteiger partial charge in [-0.15, -0.1) is 11.3 Å². The Bertz CT molecular complexity index is 405. The number of thiophene rings is 1. The van der Waals surface area contributed by atoms with Crippen molar-refractivity contribution in [3.8, 4) is 6.07 Å². The molecule has 0 saturated carbocycles. The number of amides is 1. The Hall–Kier alpha value is -1.34. The lowest BCUT2D eigenvalue weighted by Crippen LogP contribution is -2.33. The number of hydrogen-bond acceptors (Lipinski definition) is 3. The highest BCUT2D eigenvalue weighted by atomic mass is 32.1. The third-order valence-corrected chi connectivity index (χ3v) is 3.32. The number of hydrogen-bond donors (Lipinski definition) is 0. The Morgan fingerprint density at radius 3 is 2.75 bits per heavy atom. The maximum absolute atomic E-state index is 12.1. The van der Waals surface area contributed by atoms with Crippen LogP contribution in [-0.4, -0.2) is 23.9 Å². The molecule has 0 aliphatic heterocycles. The SMILES string of the molecule is CCN(C[C@@H](C)C#N)C(=O)c1ccc(C)s1. The Kier molecular flexibility index (Phi) is 4.51. The van der Waals surface area contributed by atoms with E-state index in [4.69, 9.17) is 5.26 Å². The summed E-state index contributed by atoms with van der Waals surface area (Å²) < 4.78 is 0. The molecule has 0 aromatic carbocycles. The summed E-state index contributed by atoms with van der Waals surface area (Å²) in [6, 6.07) is 5.94. The zero-order valence-electron chi connectivity index (χ0n) is 9.86. The van der Waals surface area contributed by atoms with E-state index in [-0.39, 0.29) is 11.8 Å². The monoisotopic (exact) mass is 236 g/mol. The molecular formula is C12H16N2OS. The molecule has 1 aromatic rings. The van der Waals surface area contributed by atoms with E-state index in [0.717, 1.165) is 9.75 Å². The molecule has 0 saturated heterocycles. The molecule has 16 heavy (non-hydrogen) atoms. The second-order valence-corrected chi connectivity index (χ2v) is 5.07. The number of aryl methyl sites for hydroxylation is 1. The van der Waals surface area contributed by atoms with Crippen molar-refractivity contribution in [1.82, 2.24) is 4.90 Å². The van der Waals surface area contributed by atoms with Gasteiger partial charge in [-0.2, -0.15) is 5.26 Å². The van der Waals surface area contributed by atoms with Gasteiger partial charge in [0.25, 0.3) is 5.91 Å². The lowest BCUT2D eigenvalue weighted by Gasteiger charge is -2.21. The lowest BCUT2D eigenvalue weighted by atomic mass is 10.2. The van der Waals surface area contributed by atoms with Crippen LogP contribution in [-0.2, 0) is 0 Å². The maximum atomic E-state index is 12.1. The fourth-order valence-corrected chi connectivity index (χ4v) is 2.27. The van der Waals surface area contributed by atoms with Crippen LogP contribution in [0, 0.1) is 24.2 Å². The second kappa shape index (κ2) is 5.66. The van der Waals surface area contributed by atoms with Crippen LogP contribution in [0.5, 0.6) is 0 Å². The molecule has 0 fully saturated rings. The van der Waals surface area contributed by atoms with Gasteiger partial charge >= 0.3 is 0 Å². The summed E-state index contributed by atoms with van der Waals surface area (Å²) >= 11 is 1.50. The molecule has 0 aliphatic carbocycles. The minimum Gasteiger partial charge on any atom is -0.337 e. The molecule has 0 aliphatic rings. The Morgan fingerprint density at radius 2 is 2.31 bits per heavy atom. The van der Waals surface area contributed by atoms with Gasteiger partial charge in [0.15, 0.2) is 0 Å². The van der Waals surface area contributed by atoms with Crippen molar-refractivity contribution in [1.29, 1.82) is 5.26 Å². The summed E-state index contributed by atoms with van der Waals surface area (Å²) in [6.45, 7) is 6.89. The minimum absolute atomic E-state index is 0.0303. The highest BCUT2D eigenvalue weighted by molar-refractivity contribution is 7.13. The van der Waals surface area contributed by atoms with Crippen LogP contribution in [0.2, 0.25) is 0 Å². The fraction of sp³-hybridized carbons (Fsp3) is 0.500. The van der Waals surface area contributed by atoms with Crippen molar-refractivity contribution in [2.75, 3.05) is 13.1 Å². The number of nitrogens with zero attached hydrogens (tertiary/aromatic N) is 2. The molecule has 0 spiro atoms. The van der Waals surface area contributed by atoms with Crippen LogP contribution in [0.4, 0.5) is 0 Å². The first-order valence-corrected chi connectivity index (χ1v) is 6.15. The van der Waals surface area contributed by atoms with E-state index in [2.05, 4.69) is 6.07 Å². The Labute approximate surface area is 100 Å². The summed E-state index contributed by atoms with van der Waals surface area (Å²) in [7, 11) is 0. The molecular weight excluding hydrogens is 220 g/mol. The molecule has 1 rings (SSSR count). The highest BCUT2D eigenvalue weighted by Crippen LogP contribution is 2.17. The van der Waals surface area contributed by atoms with Crippen molar-refractivity contribution in [2.24, 2.45) is 5.92 Å². The standard InChI is InChI=1S/C12H16N2OS/c1-4-14(8-9(2)7-13)12(15)11-6-5-10(3)16-11/h5-6,9H,4,8H2,1-3H3/t9-/m0/s1. The number of rotatable bonds is 4. The average molecular weight is 236 g/mol. The first kappa shape index (κ1) is 12.7. The molecule has 86 valence electrons. The van der Waals surface area contributed by atoms with Gasteiger partial charge in [-0.25, -0.2) is 0 Å². The third kappa shape index (κ3) is 3.07. The smallest absolute Gasteiger partial charge is 0.263 e. The van der Waals surface area contributed by atoms with Crippen LogP contribution in [0.3, 0.4) is 0 Å². The molecule has 0 N–H and O–H groups in total. The molecule has 3 nitrogen and oxygen atoms in total. The quantitative estimate of drug-likeness (QED) is 0.806.